The molecule has 3 aromatic rings. The second kappa shape index (κ2) is 8.80. The maximum absolute atomic E-state index is 11.9. The van der Waals surface area contributed by atoms with E-state index < -0.39 is 18.5 Å². The fraction of sp³-hybridized carbons (Fsp3) is 0.0476. The molecule has 138 valence electrons. The van der Waals surface area contributed by atoms with E-state index in [1.165, 1.54) is 24.3 Å². The molecule has 1 heterocycles. The monoisotopic (exact) mass is 391 g/mol. The first kappa shape index (κ1) is 19.1. The van der Waals surface area contributed by atoms with E-state index in [0.29, 0.717) is 11.3 Å². The number of hydrogen-bond acceptors (Lipinski definition) is 5. The summed E-state index contributed by atoms with van der Waals surface area (Å²) in [6.07, 6.45) is 4.52. The highest BCUT2D eigenvalue weighted by Crippen LogP contribution is 2.20. The number of pyridine rings is 1. The summed E-state index contributed by atoms with van der Waals surface area (Å²) in [7, 11) is 0. The minimum Gasteiger partial charge on any atom is -0.452 e. The highest BCUT2D eigenvalue weighted by Gasteiger charge is 2.08. The topological polar surface area (TPSA) is 92.1 Å². The predicted octanol–water partition coefficient (Wildman–Crippen LogP) is 3.95. The van der Waals surface area contributed by atoms with Crippen LogP contribution in [0.15, 0.2) is 60.8 Å². The molecule has 0 spiro atoms. The molecular formula is C21H14ClN3O3. The number of nitrogens with zero attached hydrogens (tertiary/aromatic N) is 2. The molecule has 28 heavy (non-hydrogen) atoms. The smallest absolute Gasteiger partial charge is 0.331 e. The van der Waals surface area contributed by atoms with Crippen molar-refractivity contribution in [1.82, 2.24) is 4.98 Å². The lowest BCUT2D eigenvalue weighted by Crippen LogP contribution is -2.20. The summed E-state index contributed by atoms with van der Waals surface area (Å²) in [5.41, 5.74) is 2.25. The number of amides is 1. The van der Waals surface area contributed by atoms with Gasteiger partial charge in [-0.25, -0.2) is 4.79 Å². The largest absolute Gasteiger partial charge is 0.452 e. The lowest BCUT2D eigenvalue weighted by atomic mass is 10.1. The second-order valence-corrected chi connectivity index (χ2v) is 6.13. The number of aromatic nitrogens is 1. The van der Waals surface area contributed by atoms with Gasteiger partial charge in [-0.15, -0.1) is 0 Å². The van der Waals surface area contributed by atoms with Gasteiger partial charge in [0.2, 0.25) is 0 Å². The normalized spacial score (nSPS) is 10.6. The van der Waals surface area contributed by atoms with Gasteiger partial charge in [-0.2, -0.15) is 5.26 Å². The third-order valence-electron chi connectivity index (χ3n) is 3.78. The Hall–Kier alpha value is -3.69. The molecule has 6 nitrogen and oxygen atoms in total. The number of anilines is 1. The number of halogens is 1. The van der Waals surface area contributed by atoms with Crippen LogP contribution in [-0.4, -0.2) is 23.5 Å². The van der Waals surface area contributed by atoms with Crippen molar-refractivity contribution in [3.8, 4) is 6.07 Å². The maximum atomic E-state index is 11.9. The van der Waals surface area contributed by atoms with Gasteiger partial charge in [0.05, 0.1) is 16.1 Å². The Morgan fingerprint density at radius 1 is 1.21 bits per heavy atom. The summed E-state index contributed by atoms with van der Waals surface area (Å²) in [4.78, 5) is 28.1. The van der Waals surface area contributed by atoms with Crippen LogP contribution < -0.4 is 5.32 Å². The molecule has 7 heteroatoms. The fourth-order valence-corrected chi connectivity index (χ4v) is 2.71. The summed E-state index contributed by atoms with van der Waals surface area (Å²) < 4.78 is 4.94. The summed E-state index contributed by atoms with van der Waals surface area (Å²) in [5.74, 6) is -1.17. The molecule has 1 N–H and O–H groups in total. The molecule has 0 atom stereocenters. The van der Waals surface area contributed by atoms with E-state index in [1.807, 2.05) is 36.4 Å². The average Bonchev–Trinajstić information content (AvgIpc) is 2.71. The van der Waals surface area contributed by atoms with Gasteiger partial charge < -0.3 is 10.1 Å². The minimum absolute atomic E-state index is 0.226. The number of carbonyl (C=O) groups excluding carboxylic acids is 2. The molecule has 1 aromatic heterocycles. The van der Waals surface area contributed by atoms with E-state index in [1.54, 1.807) is 12.3 Å². The van der Waals surface area contributed by atoms with Crippen LogP contribution in [-0.2, 0) is 14.3 Å². The van der Waals surface area contributed by atoms with Gasteiger partial charge in [0.1, 0.15) is 6.07 Å². The summed E-state index contributed by atoms with van der Waals surface area (Å²) in [6, 6.07) is 15.8. The number of fused-ring (bicyclic) bond motifs is 1. The number of ether oxygens (including phenoxy) is 1. The Balaban J connectivity index is 1.56. The predicted molar refractivity (Wildman–Crippen MR) is 107 cm³/mol. The van der Waals surface area contributed by atoms with Crippen LogP contribution in [0.1, 0.15) is 11.1 Å². The van der Waals surface area contributed by atoms with E-state index >= 15 is 0 Å². The molecule has 0 unspecified atom stereocenters. The van der Waals surface area contributed by atoms with Crippen molar-refractivity contribution < 1.29 is 14.3 Å². The molecule has 3 rings (SSSR count). The molecule has 2 aromatic carbocycles. The SMILES string of the molecule is N#Cc1ccc(NC(=O)COC(=O)/C=C/c2cccc3cccnc23)cc1Cl. The van der Waals surface area contributed by atoms with Gasteiger partial charge in [-0.3, -0.25) is 9.78 Å². The lowest BCUT2D eigenvalue weighted by Gasteiger charge is -2.06. The minimum atomic E-state index is -0.652. The zero-order valence-electron chi connectivity index (χ0n) is 14.6. The standard InChI is InChI=1S/C21H14ClN3O3/c22-18-11-17(8-6-16(18)12-23)25-19(26)13-28-20(27)9-7-15-4-1-3-14-5-2-10-24-21(14)15/h1-11H,13H2,(H,25,26)/b9-7+. The molecular weight excluding hydrogens is 378 g/mol. The van der Waals surface area contributed by atoms with Crippen LogP contribution >= 0.6 is 11.6 Å². The molecule has 0 fully saturated rings. The number of rotatable bonds is 5. The van der Waals surface area contributed by atoms with Crippen molar-refractivity contribution in [1.29, 1.82) is 5.26 Å². The van der Waals surface area contributed by atoms with Gasteiger partial charge in [0.25, 0.3) is 5.91 Å². The third-order valence-corrected chi connectivity index (χ3v) is 4.09. The van der Waals surface area contributed by atoms with Crippen LogP contribution in [0, 0.1) is 11.3 Å². The molecule has 1 amide bonds. The van der Waals surface area contributed by atoms with E-state index in [2.05, 4.69) is 10.3 Å². The Morgan fingerprint density at radius 3 is 2.82 bits per heavy atom. The number of esters is 1. The Morgan fingerprint density at radius 2 is 2.04 bits per heavy atom. The van der Waals surface area contributed by atoms with Gasteiger partial charge >= 0.3 is 5.97 Å². The zero-order chi connectivity index (χ0) is 19.9. The van der Waals surface area contributed by atoms with Crippen LogP contribution in [0.3, 0.4) is 0 Å². The first-order valence-electron chi connectivity index (χ1n) is 8.25. The van der Waals surface area contributed by atoms with E-state index in [0.717, 1.165) is 16.5 Å². The van der Waals surface area contributed by atoms with Crippen molar-refractivity contribution in [2.75, 3.05) is 11.9 Å². The molecule has 0 aliphatic heterocycles. The van der Waals surface area contributed by atoms with Crippen LogP contribution in [0.5, 0.6) is 0 Å². The maximum Gasteiger partial charge on any atom is 0.331 e. The van der Waals surface area contributed by atoms with Crippen LogP contribution in [0.4, 0.5) is 5.69 Å². The van der Waals surface area contributed by atoms with Gasteiger partial charge in [0, 0.05) is 28.9 Å². The van der Waals surface area contributed by atoms with Crippen molar-refractivity contribution in [2.45, 2.75) is 0 Å². The van der Waals surface area contributed by atoms with Crippen molar-refractivity contribution in [3.05, 3.63) is 77.0 Å². The number of hydrogen-bond donors (Lipinski definition) is 1. The first-order chi connectivity index (χ1) is 13.6. The van der Waals surface area contributed by atoms with E-state index in [4.69, 9.17) is 21.6 Å². The Kier molecular flexibility index (Phi) is 6.00. The molecule has 0 saturated carbocycles. The van der Waals surface area contributed by atoms with Gasteiger partial charge in [0.15, 0.2) is 6.61 Å². The summed E-state index contributed by atoms with van der Waals surface area (Å²) >= 11 is 5.91. The molecule has 0 bridgehead atoms. The quantitative estimate of drug-likeness (QED) is 0.525. The van der Waals surface area contributed by atoms with Gasteiger partial charge in [-0.1, -0.05) is 35.9 Å². The van der Waals surface area contributed by atoms with E-state index in [9.17, 15) is 9.59 Å². The molecule has 0 aliphatic rings. The second-order valence-electron chi connectivity index (χ2n) is 5.72. The van der Waals surface area contributed by atoms with Crippen LogP contribution in [0.25, 0.3) is 17.0 Å². The Bertz CT molecular complexity index is 1110. The van der Waals surface area contributed by atoms with Crippen molar-refractivity contribution in [2.24, 2.45) is 0 Å². The molecule has 0 saturated heterocycles. The number of para-hydroxylation sites is 1. The van der Waals surface area contributed by atoms with Crippen LogP contribution in [0.2, 0.25) is 5.02 Å². The molecule has 0 radical (unpaired) electrons. The highest BCUT2D eigenvalue weighted by atomic mass is 35.5. The average molecular weight is 392 g/mol. The summed E-state index contributed by atoms with van der Waals surface area (Å²) in [5, 5.41) is 12.6. The highest BCUT2D eigenvalue weighted by molar-refractivity contribution is 6.32. The molecule has 0 aliphatic carbocycles. The fourth-order valence-electron chi connectivity index (χ4n) is 2.49. The van der Waals surface area contributed by atoms with Gasteiger partial charge in [-0.05, 0) is 30.3 Å². The lowest BCUT2D eigenvalue weighted by molar-refractivity contribution is -0.142. The third kappa shape index (κ3) is 4.72. The summed E-state index contributed by atoms with van der Waals surface area (Å²) in [6.45, 7) is -0.450. The number of carbonyl (C=O) groups is 2. The number of nitrogens with one attached hydrogen (secondary N) is 1. The first-order valence-corrected chi connectivity index (χ1v) is 8.63. The van der Waals surface area contributed by atoms with Crippen molar-refractivity contribution >= 4 is 46.1 Å². The Labute approximate surface area is 166 Å². The van der Waals surface area contributed by atoms with E-state index in [-0.39, 0.29) is 5.02 Å². The number of nitriles is 1. The number of benzene rings is 2. The zero-order valence-corrected chi connectivity index (χ0v) is 15.3. The van der Waals surface area contributed by atoms with Crippen molar-refractivity contribution in [3.63, 3.8) is 0 Å².